The normalized spacial score (nSPS) is 20.8. The van der Waals surface area contributed by atoms with Gasteiger partial charge in [-0.15, -0.1) is 0 Å². The van der Waals surface area contributed by atoms with Crippen LogP contribution in [0.4, 0.5) is 39.5 Å². The van der Waals surface area contributed by atoms with Crippen LogP contribution in [0.5, 0.6) is 0 Å². The number of ether oxygens (including phenoxy) is 1. The van der Waals surface area contributed by atoms with Gasteiger partial charge in [-0.05, 0) is 68.3 Å². The van der Waals surface area contributed by atoms with Gasteiger partial charge in [0.05, 0.1) is 22.2 Å². The maximum Gasteiger partial charge on any atom is 0.430 e. The molecule has 222 valence electrons. The maximum absolute atomic E-state index is 14.3. The van der Waals surface area contributed by atoms with Crippen molar-refractivity contribution in [3.8, 4) is 0 Å². The molecular weight excluding hydrogens is 585 g/mol. The smallest absolute Gasteiger partial charge is 0.349 e. The van der Waals surface area contributed by atoms with Gasteiger partial charge in [-0.1, -0.05) is 30.3 Å². The molecule has 0 saturated heterocycles. The predicted octanol–water partition coefficient (Wildman–Crippen LogP) is 7.42. The fourth-order valence-electron chi connectivity index (χ4n) is 5.17. The standard InChI is InChI=1S/C28H24F9NO2S/c1-38-20-13-14-25(15-20,41(39)21-11-9-19(29)10-12-21)17-5-7-18(8-6-17)26(27(32,33)34,28(35,36)37)40-16-22-23(30)3-2-4-24(22)31/h2-12,20,38H,13-16H2,1H3. The molecule has 0 aromatic heterocycles. The Morgan fingerprint density at radius 1 is 0.878 bits per heavy atom. The molecule has 1 N–H and O–H groups in total. The van der Waals surface area contributed by atoms with E-state index < -0.39 is 68.7 Å². The molecule has 0 heterocycles. The van der Waals surface area contributed by atoms with Crippen molar-refractivity contribution in [2.75, 3.05) is 7.05 Å². The van der Waals surface area contributed by atoms with Crippen molar-refractivity contribution in [3.63, 3.8) is 0 Å². The lowest BCUT2D eigenvalue weighted by molar-refractivity contribution is -0.392. The summed E-state index contributed by atoms with van der Waals surface area (Å²) in [5.41, 5.74) is -7.19. The first kappa shape index (κ1) is 31.0. The van der Waals surface area contributed by atoms with E-state index in [1.165, 1.54) is 12.1 Å². The lowest BCUT2D eigenvalue weighted by atomic mass is 9.88. The molecule has 3 atom stereocenters. The molecular formula is C28H24F9NO2S. The molecule has 0 amide bonds. The van der Waals surface area contributed by atoms with Gasteiger partial charge in [0.2, 0.25) is 0 Å². The number of benzene rings is 3. The third-order valence-corrected chi connectivity index (χ3v) is 9.39. The highest BCUT2D eigenvalue weighted by atomic mass is 32.2. The molecule has 0 radical (unpaired) electrons. The highest BCUT2D eigenvalue weighted by Gasteiger charge is 2.73. The van der Waals surface area contributed by atoms with Crippen molar-refractivity contribution in [2.24, 2.45) is 0 Å². The second kappa shape index (κ2) is 11.4. The SMILES string of the molecule is CNC1CCC(c2ccc(C(OCc3c(F)cccc3F)(C(F)(F)F)C(F)(F)F)cc2)(S(=O)c2ccc(F)cc2)C1. The zero-order valence-electron chi connectivity index (χ0n) is 21.4. The summed E-state index contributed by atoms with van der Waals surface area (Å²) in [7, 11) is -0.192. The van der Waals surface area contributed by atoms with Gasteiger partial charge in [-0.2, -0.15) is 26.3 Å². The van der Waals surface area contributed by atoms with E-state index >= 15 is 0 Å². The van der Waals surface area contributed by atoms with Gasteiger partial charge in [0.1, 0.15) is 17.5 Å². The van der Waals surface area contributed by atoms with E-state index in [-0.39, 0.29) is 29.3 Å². The van der Waals surface area contributed by atoms with Crippen LogP contribution in [0.2, 0.25) is 0 Å². The summed E-state index contributed by atoms with van der Waals surface area (Å²) in [6.45, 7) is -1.67. The summed E-state index contributed by atoms with van der Waals surface area (Å²) in [6, 6.07) is 10.1. The zero-order chi connectivity index (χ0) is 30.2. The molecule has 4 rings (SSSR count). The molecule has 0 aliphatic heterocycles. The van der Waals surface area contributed by atoms with E-state index in [0.717, 1.165) is 30.3 Å². The molecule has 3 aromatic rings. The Morgan fingerprint density at radius 3 is 1.93 bits per heavy atom. The molecule has 3 aromatic carbocycles. The number of hydrogen-bond acceptors (Lipinski definition) is 3. The number of rotatable bonds is 8. The number of hydrogen-bond donors (Lipinski definition) is 1. The van der Waals surface area contributed by atoms with Crippen LogP contribution in [-0.2, 0) is 32.5 Å². The molecule has 3 unspecified atom stereocenters. The Kier molecular flexibility index (Phi) is 8.64. The van der Waals surface area contributed by atoms with E-state index in [1.54, 1.807) is 7.05 Å². The lowest BCUT2D eigenvalue weighted by Crippen LogP contribution is -2.56. The van der Waals surface area contributed by atoms with E-state index in [2.05, 4.69) is 10.1 Å². The average molecular weight is 610 g/mol. The van der Waals surface area contributed by atoms with Gasteiger partial charge >= 0.3 is 12.4 Å². The predicted molar refractivity (Wildman–Crippen MR) is 133 cm³/mol. The lowest BCUT2D eigenvalue weighted by Gasteiger charge is -2.38. The summed E-state index contributed by atoms with van der Waals surface area (Å²) in [5.74, 6) is -3.32. The molecule has 41 heavy (non-hydrogen) atoms. The van der Waals surface area contributed by atoms with Crippen LogP contribution in [0.25, 0.3) is 0 Å². The van der Waals surface area contributed by atoms with Crippen LogP contribution in [0.1, 0.15) is 36.0 Å². The Labute approximate surface area is 232 Å². The first-order valence-electron chi connectivity index (χ1n) is 12.3. The Bertz CT molecular complexity index is 1360. The number of halogens is 9. The van der Waals surface area contributed by atoms with Gasteiger partial charge in [0.15, 0.2) is 0 Å². The van der Waals surface area contributed by atoms with Crippen LogP contribution in [0, 0.1) is 17.5 Å². The van der Waals surface area contributed by atoms with Gasteiger partial charge in [0.25, 0.3) is 5.60 Å². The summed E-state index contributed by atoms with van der Waals surface area (Å²) in [6.07, 6.45) is -11.2. The largest absolute Gasteiger partial charge is 0.430 e. The second-order valence-electron chi connectivity index (χ2n) is 9.69. The van der Waals surface area contributed by atoms with Crippen molar-refractivity contribution >= 4 is 10.8 Å². The van der Waals surface area contributed by atoms with Crippen LogP contribution < -0.4 is 5.32 Å². The molecule has 0 bridgehead atoms. The van der Waals surface area contributed by atoms with Crippen molar-refractivity contribution in [1.29, 1.82) is 0 Å². The first-order valence-corrected chi connectivity index (χ1v) is 13.5. The van der Waals surface area contributed by atoms with E-state index in [1.807, 2.05) is 0 Å². The van der Waals surface area contributed by atoms with Crippen LogP contribution in [0.3, 0.4) is 0 Å². The van der Waals surface area contributed by atoms with E-state index in [9.17, 15) is 43.7 Å². The van der Waals surface area contributed by atoms with Crippen molar-refractivity contribution in [3.05, 3.63) is 101 Å². The Hall–Kier alpha value is -2.90. The van der Waals surface area contributed by atoms with Crippen molar-refractivity contribution in [2.45, 2.75) is 59.5 Å². The van der Waals surface area contributed by atoms with Crippen LogP contribution in [-0.4, -0.2) is 29.7 Å². The minimum absolute atomic E-state index is 0.150. The van der Waals surface area contributed by atoms with Gasteiger partial charge in [0, 0.05) is 22.1 Å². The Balaban J connectivity index is 1.80. The van der Waals surface area contributed by atoms with E-state index in [4.69, 9.17) is 0 Å². The molecule has 1 saturated carbocycles. The van der Waals surface area contributed by atoms with Crippen LogP contribution in [0.15, 0.2) is 71.6 Å². The van der Waals surface area contributed by atoms with Gasteiger partial charge in [-0.3, -0.25) is 4.21 Å². The van der Waals surface area contributed by atoms with Crippen molar-refractivity contribution in [1.82, 2.24) is 5.32 Å². The molecule has 1 aliphatic carbocycles. The monoisotopic (exact) mass is 609 g/mol. The molecule has 13 heteroatoms. The molecule has 0 spiro atoms. The second-order valence-corrected chi connectivity index (χ2v) is 11.5. The van der Waals surface area contributed by atoms with Crippen molar-refractivity contribution < 1.29 is 48.5 Å². The fourth-order valence-corrected chi connectivity index (χ4v) is 7.01. The highest BCUT2D eigenvalue weighted by molar-refractivity contribution is 7.86. The summed E-state index contributed by atoms with van der Waals surface area (Å²) in [5, 5.41) is 3.05. The summed E-state index contributed by atoms with van der Waals surface area (Å²) >= 11 is 0. The Morgan fingerprint density at radius 2 is 1.44 bits per heavy atom. The quantitative estimate of drug-likeness (QED) is 0.270. The molecule has 1 fully saturated rings. The van der Waals surface area contributed by atoms with Crippen LogP contribution >= 0.6 is 0 Å². The molecule has 1 aliphatic rings. The van der Waals surface area contributed by atoms with E-state index in [0.29, 0.717) is 30.7 Å². The average Bonchev–Trinajstić information content (AvgIpc) is 3.35. The minimum Gasteiger partial charge on any atom is -0.349 e. The highest BCUT2D eigenvalue weighted by Crippen LogP contribution is 2.54. The van der Waals surface area contributed by atoms with Gasteiger partial charge < -0.3 is 10.1 Å². The van der Waals surface area contributed by atoms with Gasteiger partial charge in [-0.25, -0.2) is 13.2 Å². The first-order chi connectivity index (χ1) is 19.2. The topological polar surface area (TPSA) is 38.3 Å². The third kappa shape index (κ3) is 5.63. The molecule has 3 nitrogen and oxygen atoms in total. The fraction of sp³-hybridized carbons (Fsp3) is 0.357. The summed E-state index contributed by atoms with van der Waals surface area (Å²) in [4.78, 5) is 0.238. The number of alkyl halides is 6. The minimum atomic E-state index is -6.09. The third-order valence-electron chi connectivity index (χ3n) is 7.37. The number of nitrogens with one attached hydrogen (secondary N) is 1. The maximum atomic E-state index is 14.3. The zero-order valence-corrected chi connectivity index (χ0v) is 22.2. The summed E-state index contributed by atoms with van der Waals surface area (Å²) < 4.78 is 144.